The van der Waals surface area contributed by atoms with Gasteiger partial charge in [0.25, 0.3) is 5.91 Å². The first-order valence-electron chi connectivity index (χ1n) is 9.18. The lowest BCUT2D eigenvalue weighted by Crippen LogP contribution is -2.21. The van der Waals surface area contributed by atoms with Crippen molar-refractivity contribution in [3.63, 3.8) is 0 Å². The quantitative estimate of drug-likeness (QED) is 0.439. The molecule has 9 heteroatoms. The van der Waals surface area contributed by atoms with Crippen LogP contribution in [0, 0.1) is 0 Å². The number of sulfone groups is 1. The number of methoxy groups -OCH3 is 1. The maximum Gasteiger partial charge on any atom is 0.261 e. The van der Waals surface area contributed by atoms with E-state index < -0.39 is 9.84 Å². The van der Waals surface area contributed by atoms with Gasteiger partial charge in [0.15, 0.2) is 0 Å². The predicted octanol–water partition coefficient (Wildman–Crippen LogP) is 4.72. The van der Waals surface area contributed by atoms with Crippen molar-refractivity contribution in [1.29, 1.82) is 0 Å². The van der Waals surface area contributed by atoms with Crippen LogP contribution in [0.3, 0.4) is 0 Å². The van der Waals surface area contributed by atoms with Gasteiger partial charge in [-0.15, -0.1) is 11.3 Å². The Kier molecular flexibility index (Phi) is 5.95. The molecule has 1 amide bonds. The molecule has 0 aliphatic rings. The molecule has 0 aliphatic carbocycles. The molecule has 158 valence electrons. The highest BCUT2D eigenvalue weighted by Gasteiger charge is 2.19. The highest BCUT2D eigenvalue weighted by Crippen LogP contribution is 2.30. The van der Waals surface area contributed by atoms with E-state index in [2.05, 4.69) is 10.3 Å². The van der Waals surface area contributed by atoms with Crippen LogP contribution in [0.2, 0.25) is 5.02 Å². The van der Waals surface area contributed by atoms with E-state index >= 15 is 0 Å². The minimum atomic E-state index is -3.72. The van der Waals surface area contributed by atoms with Crippen LogP contribution in [0.25, 0.3) is 10.1 Å². The summed E-state index contributed by atoms with van der Waals surface area (Å²) in [5.41, 5.74) is 0.780. The third-order valence-electron chi connectivity index (χ3n) is 4.67. The number of aromatic nitrogens is 1. The molecule has 0 saturated carbocycles. The van der Waals surface area contributed by atoms with Gasteiger partial charge in [-0.2, -0.15) is 0 Å². The topological polar surface area (TPSA) is 85.4 Å². The van der Waals surface area contributed by atoms with E-state index in [9.17, 15) is 13.2 Å². The molecule has 2 heterocycles. The Morgan fingerprint density at radius 1 is 1.10 bits per heavy atom. The molecular formula is C22H17ClN2O4S2. The second-order valence-electron chi connectivity index (χ2n) is 6.65. The van der Waals surface area contributed by atoms with Crippen LogP contribution in [-0.2, 0) is 16.4 Å². The molecule has 0 atom stereocenters. The van der Waals surface area contributed by atoms with Gasteiger partial charge in [0, 0.05) is 18.9 Å². The molecule has 0 unspecified atom stereocenters. The summed E-state index contributed by atoms with van der Waals surface area (Å²) in [5, 5.41) is 4.05. The van der Waals surface area contributed by atoms with Crippen molar-refractivity contribution in [3.05, 3.63) is 82.5 Å². The van der Waals surface area contributed by atoms with Crippen LogP contribution in [0.4, 0.5) is 0 Å². The number of ether oxygens (including phenoxy) is 1. The van der Waals surface area contributed by atoms with Crippen LogP contribution < -0.4 is 10.1 Å². The number of halogens is 1. The predicted molar refractivity (Wildman–Crippen MR) is 121 cm³/mol. The van der Waals surface area contributed by atoms with Gasteiger partial charge < -0.3 is 10.1 Å². The lowest BCUT2D eigenvalue weighted by molar-refractivity contribution is 0.0955. The summed E-state index contributed by atoms with van der Waals surface area (Å²) in [4.78, 5) is 17.3. The molecule has 0 radical (unpaired) electrons. The zero-order valence-corrected chi connectivity index (χ0v) is 18.7. The number of benzene rings is 2. The monoisotopic (exact) mass is 472 g/mol. The zero-order valence-electron chi connectivity index (χ0n) is 16.3. The van der Waals surface area contributed by atoms with Crippen molar-refractivity contribution in [2.45, 2.75) is 16.3 Å². The molecule has 6 nitrogen and oxygen atoms in total. The molecular weight excluding hydrogens is 456 g/mol. The number of amides is 1. The molecule has 31 heavy (non-hydrogen) atoms. The average molecular weight is 473 g/mol. The number of hydrogen-bond donors (Lipinski definition) is 1. The molecule has 4 aromatic rings. The van der Waals surface area contributed by atoms with E-state index in [0.717, 1.165) is 15.6 Å². The van der Waals surface area contributed by atoms with Crippen molar-refractivity contribution in [2.75, 3.05) is 7.11 Å². The Hall–Kier alpha value is -2.94. The Balaban J connectivity index is 1.46. The second kappa shape index (κ2) is 8.66. The zero-order chi connectivity index (χ0) is 22.0. The van der Waals surface area contributed by atoms with Crippen molar-refractivity contribution in [3.8, 4) is 5.75 Å². The van der Waals surface area contributed by atoms with E-state index in [-0.39, 0.29) is 27.3 Å². The number of carbonyl (C=O) groups excluding carboxylic acids is 1. The first-order chi connectivity index (χ1) is 14.9. The van der Waals surface area contributed by atoms with Crippen molar-refractivity contribution in [2.24, 2.45) is 0 Å². The third kappa shape index (κ3) is 4.41. The molecule has 0 spiro atoms. The normalized spacial score (nSPS) is 11.4. The summed E-state index contributed by atoms with van der Waals surface area (Å²) in [6.07, 6.45) is 3.41. The summed E-state index contributed by atoms with van der Waals surface area (Å²) >= 11 is 7.44. The van der Waals surface area contributed by atoms with Gasteiger partial charge in [0.1, 0.15) is 5.75 Å². The average Bonchev–Trinajstić information content (AvgIpc) is 3.22. The maximum atomic E-state index is 12.9. The number of carbonyl (C=O) groups is 1. The Labute approximate surface area is 188 Å². The lowest BCUT2D eigenvalue weighted by atomic mass is 10.2. The molecule has 0 saturated heterocycles. The first-order valence-corrected chi connectivity index (χ1v) is 11.9. The third-order valence-corrected chi connectivity index (χ3v) is 7.81. The smallest absolute Gasteiger partial charge is 0.261 e. The summed E-state index contributed by atoms with van der Waals surface area (Å²) < 4.78 is 31.7. The number of nitrogens with zero attached hydrogens (tertiary/aromatic N) is 1. The van der Waals surface area contributed by atoms with Crippen LogP contribution in [0.5, 0.6) is 5.75 Å². The van der Waals surface area contributed by atoms with E-state index in [1.165, 1.54) is 48.8 Å². The van der Waals surface area contributed by atoms with Crippen molar-refractivity contribution < 1.29 is 17.9 Å². The molecule has 0 aliphatic heterocycles. The highest BCUT2D eigenvalue weighted by atomic mass is 35.5. The van der Waals surface area contributed by atoms with Crippen LogP contribution >= 0.6 is 22.9 Å². The summed E-state index contributed by atoms with van der Waals surface area (Å²) in [6.45, 7) is 0.278. The first kappa shape index (κ1) is 21.3. The number of rotatable bonds is 6. The maximum absolute atomic E-state index is 12.9. The van der Waals surface area contributed by atoms with Gasteiger partial charge in [-0.3, -0.25) is 9.78 Å². The van der Waals surface area contributed by atoms with Gasteiger partial charge >= 0.3 is 0 Å². The standard InChI is InChI=1S/C22H17ClN2O4S2/c1-29-19-7-6-17(11-18(19)23)31(27,28)16-4-2-14(3-5-16)12-25-22(26)20-10-15-8-9-24-13-21(15)30-20/h2-11,13H,12H2,1H3,(H,25,26). The van der Waals surface area contributed by atoms with Crippen molar-refractivity contribution >= 4 is 48.8 Å². The fourth-order valence-electron chi connectivity index (χ4n) is 3.00. The molecule has 2 aromatic heterocycles. The number of nitrogens with one attached hydrogen (secondary N) is 1. The molecule has 0 bridgehead atoms. The number of thiophene rings is 1. The Morgan fingerprint density at radius 2 is 1.84 bits per heavy atom. The van der Waals surface area contributed by atoms with Gasteiger partial charge in [0.2, 0.25) is 9.84 Å². The fourth-order valence-corrected chi connectivity index (χ4v) is 5.56. The van der Waals surface area contributed by atoms with Gasteiger partial charge in [-0.1, -0.05) is 23.7 Å². The molecule has 2 aromatic carbocycles. The largest absolute Gasteiger partial charge is 0.495 e. The minimum Gasteiger partial charge on any atom is -0.495 e. The molecule has 4 rings (SSSR count). The minimum absolute atomic E-state index is 0.0820. The van der Waals surface area contributed by atoms with E-state index in [1.54, 1.807) is 24.5 Å². The van der Waals surface area contributed by atoms with Gasteiger partial charge in [0.05, 0.1) is 31.5 Å². The molecule has 1 N–H and O–H groups in total. The van der Waals surface area contributed by atoms with Crippen molar-refractivity contribution in [1.82, 2.24) is 10.3 Å². The van der Waals surface area contributed by atoms with Crippen LogP contribution in [0.15, 0.2) is 76.8 Å². The summed E-state index contributed by atoms with van der Waals surface area (Å²) in [7, 11) is -2.26. The summed E-state index contributed by atoms with van der Waals surface area (Å²) in [6, 6.07) is 14.4. The number of fused-ring (bicyclic) bond motifs is 1. The lowest BCUT2D eigenvalue weighted by Gasteiger charge is -2.09. The number of pyridine rings is 1. The fraction of sp³-hybridized carbons (Fsp3) is 0.0909. The SMILES string of the molecule is COc1ccc(S(=O)(=O)c2ccc(CNC(=O)c3cc4ccncc4s3)cc2)cc1Cl. The van der Waals surface area contributed by atoms with E-state index in [0.29, 0.717) is 10.6 Å². The van der Waals surface area contributed by atoms with E-state index in [4.69, 9.17) is 16.3 Å². The Morgan fingerprint density at radius 3 is 2.52 bits per heavy atom. The second-order valence-corrected chi connectivity index (χ2v) is 10.1. The van der Waals surface area contributed by atoms with Crippen LogP contribution in [-0.4, -0.2) is 26.4 Å². The summed E-state index contributed by atoms with van der Waals surface area (Å²) in [5.74, 6) is 0.215. The van der Waals surface area contributed by atoms with Gasteiger partial charge in [-0.25, -0.2) is 8.42 Å². The van der Waals surface area contributed by atoms with Crippen LogP contribution in [0.1, 0.15) is 15.2 Å². The van der Waals surface area contributed by atoms with E-state index in [1.807, 2.05) is 12.1 Å². The molecule has 0 fully saturated rings. The Bertz CT molecular complexity index is 1330. The number of hydrogen-bond acceptors (Lipinski definition) is 6. The highest BCUT2D eigenvalue weighted by molar-refractivity contribution is 7.91. The van der Waals surface area contributed by atoms with Gasteiger partial charge in [-0.05, 0) is 53.4 Å².